The second-order valence-corrected chi connectivity index (χ2v) is 4.62. The summed E-state index contributed by atoms with van der Waals surface area (Å²) < 4.78 is 0. The maximum absolute atomic E-state index is 5.75. The number of aromatic nitrogens is 1. The molecule has 1 unspecified atom stereocenters. The lowest BCUT2D eigenvalue weighted by Crippen LogP contribution is -2.11. The summed E-state index contributed by atoms with van der Waals surface area (Å²) in [5.41, 5.74) is 8.86. The zero-order valence-electron chi connectivity index (χ0n) is 10.9. The van der Waals surface area contributed by atoms with Crippen molar-refractivity contribution >= 4 is 11.5 Å². The molecule has 0 amide bonds. The predicted octanol–water partition coefficient (Wildman–Crippen LogP) is 3.19. The molecule has 0 saturated heterocycles. The Balaban J connectivity index is 1.97. The molecule has 1 atom stereocenters. The van der Waals surface area contributed by atoms with Gasteiger partial charge in [-0.2, -0.15) is 0 Å². The van der Waals surface area contributed by atoms with Crippen LogP contribution in [-0.4, -0.2) is 11.5 Å². The van der Waals surface area contributed by atoms with Gasteiger partial charge in [0.1, 0.15) is 5.82 Å². The van der Waals surface area contributed by atoms with Crippen LogP contribution in [0.3, 0.4) is 0 Å². The Morgan fingerprint density at radius 1 is 1.28 bits per heavy atom. The number of nitrogens with two attached hydrogens (primary N) is 1. The molecule has 94 valence electrons. The van der Waals surface area contributed by atoms with Crippen LogP contribution in [0.4, 0.5) is 11.5 Å². The van der Waals surface area contributed by atoms with Gasteiger partial charge < -0.3 is 11.1 Å². The summed E-state index contributed by atoms with van der Waals surface area (Å²) >= 11 is 0. The van der Waals surface area contributed by atoms with Crippen LogP contribution in [0.25, 0.3) is 0 Å². The van der Waals surface area contributed by atoms with Gasteiger partial charge in [-0.25, -0.2) is 4.98 Å². The summed E-state index contributed by atoms with van der Waals surface area (Å²) in [4.78, 5) is 4.27. The Morgan fingerprint density at radius 3 is 2.67 bits per heavy atom. The SMILES string of the molecule is Cc1cc(NCC(C)c2ccccc2)ncc1N. The van der Waals surface area contributed by atoms with Gasteiger partial charge in [-0.3, -0.25) is 0 Å². The normalized spacial score (nSPS) is 12.1. The number of rotatable bonds is 4. The standard InChI is InChI=1S/C15H19N3/c1-11-8-15(18-10-14(11)16)17-9-12(2)13-6-4-3-5-7-13/h3-8,10,12H,9,16H2,1-2H3,(H,17,18). The fourth-order valence-corrected chi connectivity index (χ4v) is 1.82. The number of benzene rings is 1. The van der Waals surface area contributed by atoms with E-state index in [0.717, 1.165) is 23.6 Å². The van der Waals surface area contributed by atoms with Gasteiger partial charge in [0.15, 0.2) is 0 Å². The van der Waals surface area contributed by atoms with Gasteiger partial charge in [0.25, 0.3) is 0 Å². The molecule has 0 aliphatic carbocycles. The van der Waals surface area contributed by atoms with Crippen molar-refractivity contribution in [3.63, 3.8) is 0 Å². The van der Waals surface area contributed by atoms with E-state index in [9.17, 15) is 0 Å². The molecule has 3 N–H and O–H groups in total. The lowest BCUT2D eigenvalue weighted by molar-refractivity contribution is 0.801. The second-order valence-electron chi connectivity index (χ2n) is 4.62. The molecule has 0 radical (unpaired) electrons. The Kier molecular flexibility index (Phi) is 3.82. The molecule has 0 fully saturated rings. The van der Waals surface area contributed by atoms with Crippen molar-refractivity contribution in [2.45, 2.75) is 19.8 Å². The number of hydrogen-bond donors (Lipinski definition) is 2. The Bertz CT molecular complexity index is 508. The summed E-state index contributed by atoms with van der Waals surface area (Å²) in [6.45, 7) is 5.05. The topological polar surface area (TPSA) is 50.9 Å². The van der Waals surface area contributed by atoms with Crippen molar-refractivity contribution in [2.24, 2.45) is 0 Å². The van der Waals surface area contributed by atoms with Gasteiger partial charge in [0, 0.05) is 6.54 Å². The van der Waals surface area contributed by atoms with Crippen LogP contribution in [-0.2, 0) is 0 Å². The molecule has 0 spiro atoms. The van der Waals surface area contributed by atoms with Crippen LogP contribution in [0.2, 0.25) is 0 Å². The molecule has 0 aliphatic rings. The summed E-state index contributed by atoms with van der Waals surface area (Å²) in [6, 6.07) is 12.4. The molecular weight excluding hydrogens is 222 g/mol. The minimum atomic E-state index is 0.450. The zero-order valence-corrected chi connectivity index (χ0v) is 10.9. The van der Waals surface area contributed by atoms with E-state index in [2.05, 4.69) is 41.5 Å². The van der Waals surface area contributed by atoms with Gasteiger partial charge >= 0.3 is 0 Å². The number of nitrogen functional groups attached to an aromatic ring is 1. The van der Waals surface area contributed by atoms with Crippen molar-refractivity contribution in [3.05, 3.63) is 53.7 Å². The number of hydrogen-bond acceptors (Lipinski definition) is 3. The van der Waals surface area contributed by atoms with E-state index in [1.165, 1.54) is 5.56 Å². The number of nitrogens with zero attached hydrogens (tertiary/aromatic N) is 1. The second kappa shape index (κ2) is 5.54. The lowest BCUT2D eigenvalue weighted by Gasteiger charge is -2.14. The van der Waals surface area contributed by atoms with Crippen molar-refractivity contribution in [3.8, 4) is 0 Å². The molecule has 0 aliphatic heterocycles. The molecular formula is C15H19N3. The Morgan fingerprint density at radius 2 is 2.00 bits per heavy atom. The average Bonchev–Trinajstić information content (AvgIpc) is 2.41. The van der Waals surface area contributed by atoms with Crippen molar-refractivity contribution < 1.29 is 0 Å². The van der Waals surface area contributed by atoms with Gasteiger partial charge in [-0.15, -0.1) is 0 Å². The van der Waals surface area contributed by atoms with E-state index in [4.69, 9.17) is 5.73 Å². The Labute approximate surface area is 108 Å². The van der Waals surface area contributed by atoms with Crippen molar-refractivity contribution in [2.75, 3.05) is 17.6 Å². The number of pyridine rings is 1. The molecule has 0 bridgehead atoms. The summed E-state index contributed by atoms with van der Waals surface area (Å²) in [6.07, 6.45) is 1.70. The zero-order chi connectivity index (χ0) is 13.0. The molecule has 2 rings (SSSR count). The van der Waals surface area contributed by atoms with Crippen LogP contribution >= 0.6 is 0 Å². The number of nitrogens with one attached hydrogen (secondary N) is 1. The summed E-state index contributed by atoms with van der Waals surface area (Å²) in [5.74, 6) is 1.33. The molecule has 1 heterocycles. The first-order valence-electron chi connectivity index (χ1n) is 6.18. The summed E-state index contributed by atoms with van der Waals surface area (Å²) in [5, 5.41) is 3.34. The predicted molar refractivity (Wildman–Crippen MR) is 76.7 cm³/mol. The minimum Gasteiger partial charge on any atom is -0.397 e. The van der Waals surface area contributed by atoms with Crippen LogP contribution < -0.4 is 11.1 Å². The third-order valence-corrected chi connectivity index (χ3v) is 3.11. The lowest BCUT2D eigenvalue weighted by atomic mass is 10.0. The highest BCUT2D eigenvalue weighted by Gasteiger charge is 2.05. The van der Waals surface area contributed by atoms with Crippen LogP contribution in [0, 0.1) is 6.92 Å². The molecule has 1 aromatic carbocycles. The first-order chi connectivity index (χ1) is 8.66. The van der Waals surface area contributed by atoms with Gasteiger partial charge in [0.2, 0.25) is 0 Å². The monoisotopic (exact) mass is 241 g/mol. The first-order valence-corrected chi connectivity index (χ1v) is 6.18. The van der Waals surface area contributed by atoms with Gasteiger partial charge in [-0.05, 0) is 30.0 Å². The molecule has 2 aromatic rings. The van der Waals surface area contributed by atoms with Crippen LogP contribution in [0.1, 0.15) is 24.0 Å². The van der Waals surface area contributed by atoms with E-state index >= 15 is 0 Å². The smallest absolute Gasteiger partial charge is 0.126 e. The summed E-state index contributed by atoms with van der Waals surface area (Å²) in [7, 11) is 0. The molecule has 3 heteroatoms. The highest BCUT2D eigenvalue weighted by Crippen LogP contribution is 2.17. The molecule has 3 nitrogen and oxygen atoms in total. The maximum atomic E-state index is 5.75. The van der Waals surface area contributed by atoms with Crippen molar-refractivity contribution in [1.82, 2.24) is 4.98 Å². The highest BCUT2D eigenvalue weighted by atomic mass is 15.0. The fourth-order valence-electron chi connectivity index (χ4n) is 1.82. The van der Waals surface area contributed by atoms with Gasteiger partial charge in [-0.1, -0.05) is 37.3 Å². The van der Waals surface area contributed by atoms with E-state index < -0.39 is 0 Å². The molecule has 1 aromatic heterocycles. The first kappa shape index (κ1) is 12.4. The molecule has 0 saturated carbocycles. The minimum absolute atomic E-state index is 0.450. The van der Waals surface area contributed by atoms with E-state index in [0.29, 0.717) is 5.92 Å². The Hall–Kier alpha value is -2.03. The van der Waals surface area contributed by atoms with Crippen LogP contribution in [0.15, 0.2) is 42.6 Å². The highest BCUT2D eigenvalue weighted by molar-refractivity contribution is 5.50. The van der Waals surface area contributed by atoms with E-state index in [1.807, 2.05) is 19.1 Å². The third-order valence-electron chi connectivity index (χ3n) is 3.11. The van der Waals surface area contributed by atoms with Gasteiger partial charge in [0.05, 0.1) is 11.9 Å². The third kappa shape index (κ3) is 3.00. The number of anilines is 2. The fraction of sp³-hybridized carbons (Fsp3) is 0.267. The van der Waals surface area contributed by atoms with Crippen molar-refractivity contribution in [1.29, 1.82) is 0 Å². The maximum Gasteiger partial charge on any atom is 0.126 e. The number of aryl methyl sites for hydroxylation is 1. The van der Waals surface area contributed by atoms with Crippen LogP contribution in [0.5, 0.6) is 0 Å². The van der Waals surface area contributed by atoms with E-state index in [-0.39, 0.29) is 0 Å². The average molecular weight is 241 g/mol. The molecule has 18 heavy (non-hydrogen) atoms. The quantitative estimate of drug-likeness (QED) is 0.864. The largest absolute Gasteiger partial charge is 0.397 e. The van der Waals surface area contributed by atoms with E-state index in [1.54, 1.807) is 6.20 Å².